The minimum atomic E-state index is -0.566. The van der Waals surface area contributed by atoms with Crippen molar-refractivity contribution >= 4 is 17.6 Å². The zero-order valence-corrected chi connectivity index (χ0v) is 16.5. The molecular formula is C22H22N4O4. The van der Waals surface area contributed by atoms with E-state index in [0.717, 1.165) is 16.8 Å². The zero-order chi connectivity index (χ0) is 21.1. The number of nitrogens with two attached hydrogens (primary N) is 1. The van der Waals surface area contributed by atoms with Gasteiger partial charge in [0.1, 0.15) is 5.82 Å². The molecule has 1 atom stereocenters. The van der Waals surface area contributed by atoms with Crippen LogP contribution in [0.5, 0.6) is 11.5 Å². The number of benzene rings is 2. The number of aromatic nitrogens is 2. The minimum absolute atomic E-state index is 0.0859. The Morgan fingerprint density at radius 2 is 2.00 bits per heavy atom. The normalized spacial score (nSPS) is 15.2. The molecule has 1 aromatic heterocycles. The van der Waals surface area contributed by atoms with Gasteiger partial charge in [0.25, 0.3) is 5.91 Å². The number of ether oxygens (including phenoxy) is 2. The standard InChI is InChI=1S/C22H22N4O4/c1-2-29-19-10-14(8-9-18(19)30-13-20(23)27)16-11-21(28)25-22-17(16)12-24-26(22)15-6-4-3-5-7-15/h3-10,12,16H,2,11,13H2,1H3,(H2,23,27)(H,25,28)/t16-/m1/s1. The highest BCUT2D eigenvalue weighted by atomic mass is 16.5. The highest BCUT2D eigenvalue weighted by Crippen LogP contribution is 2.40. The van der Waals surface area contributed by atoms with E-state index in [4.69, 9.17) is 15.2 Å². The predicted molar refractivity (Wildman–Crippen MR) is 111 cm³/mol. The van der Waals surface area contributed by atoms with E-state index in [2.05, 4.69) is 10.4 Å². The van der Waals surface area contributed by atoms with Crippen molar-refractivity contribution in [1.82, 2.24) is 9.78 Å². The third kappa shape index (κ3) is 3.84. The van der Waals surface area contributed by atoms with E-state index >= 15 is 0 Å². The maximum atomic E-state index is 12.5. The van der Waals surface area contributed by atoms with Crippen molar-refractivity contribution in [3.63, 3.8) is 0 Å². The molecule has 0 bridgehead atoms. The van der Waals surface area contributed by atoms with Crippen LogP contribution in [0.3, 0.4) is 0 Å². The van der Waals surface area contributed by atoms with Crippen LogP contribution in [0.2, 0.25) is 0 Å². The fraction of sp³-hybridized carbons (Fsp3) is 0.227. The van der Waals surface area contributed by atoms with Gasteiger partial charge in [0.2, 0.25) is 5.91 Å². The van der Waals surface area contributed by atoms with Crippen molar-refractivity contribution in [3.05, 3.63) is 65.9 Å². The van der Waals surface area contributed by atoms with Gasteiger partial charge in [-0.2, -0.15) is 5.10 Å². The SMILES string of the molecule is CCOc1cc([C@H]2CC(=O)Nc3c2cnn3-c2ccccc2)ccc1OCC(N)=O. The quantitative estimate of drug-likeness (QED) is 0.627. The number of carbonyl (C=O) groups is 2. The monoisotopic (exact) mass is 406 g/mol. The number of hydrogen-bond acceptors (Lipinski definition) is 5. The molecule has 30 heavy (non-hydrogen) atoms. The molecule has 0 aliphatic carbocycles. The molecule has 1 aliphatic heterocycles. The first-order chi connectivity index (χ1) is 14.6. The van der Waals surface area contributed by atoms with Gasteiger partial charge in [-0.15, -0.1) is 0 Å². The summed E-state index contributed by atoms with van der Waals surface area (Å²) in [6, 6.07) is 15.1. The second-order valence-corrected chi connectivity index (χ2v) is 6.89. The molecular weight excluding hydrogens is 384 g/mol. The summed E-state index contributed by atoms with van der Waals surface area (Å²) in [5.74, 6) is 0.754. The van der Waals surface area contributed by atoms with Crippen molar-refractivity contribution in [2.75, 3.05) is 18.5 Å². The van der Waals surface area contributed by atoms with Crippen LogP contribution in [0.1, 0.15) is 30.4 Å². The number of carbonyl (C=O) groups excluding carboxylic acids is 2. The number of nitrogens with zero attached hydrogens (tertiary/aromatic N) is 2. The van der Waals surface area contributed by atoms with Gasteiger partial charge in [0.05, 0.1) is 18.5 Å². The molecule has 0 fully saturated rings. The number of para-hydroxylation sites is 1. The Morgan fingerprint density at radius 3 is 2.73 bits per heavy atom. The predicted octanol–water partition coefficient (Wildman–Crippen LogP) is 2.61. The Hall–Kier alpha value is -3.81. The summed E-state index contributed by atoms with van der Waals surface area (Å²) in [5, 5.41) is 7.44. The Morgan fingerprint density at radius 1 is 1.20 bits per heavy atom. The minimum Gasteiger partial charge on any atom is -0.490 e. The fourth-order valence-electron chi connectivity index (χ4n) is 3.56. The maximum Gasteiger partial charge on any atom is 0.255 e. The molecule has 3 N–H and O–H groups in total. The molecule has 2 aromatic carbocycles. The van der Waals surface area contributed by atoms with E-state index in [-0.39, 0.29) is 18.4 Å². The molecule has 0 saturated carbocycles. The Bertz CT molecular complexity index is 1080. The van der Waals surface area contributed by atoms with Crippen molar-refractivity contribution < 1.29 is 19.1 Å². The first-order valence-corrected chi connectivity index (χ1v) is 9.68. The van der Waals surface area contributed by atoms with Gasteiger partial charge in [0, 0.05) is 17.9 Å². The maximum absolute atomic E-state index is 12.5. The molecule has 154 valence electrons. The number of anilines is 1. The van der Waals surface area contributed by atoms with Gasteiger partial charge in [-0.05, 0) is 36.8 Å². The summed E-state index contributed by atoms with van der Waals surface area (Å²) >= 11 is 0. The van der Waals surface area contributed by atoms with Gasteiger partial charge < -0.3 is 20.5 Å². The third-order valence-corrected chi connectivity index (χ3v) is 4.86. The molecule has 8 nitrogen and oxygen atoms in total. The van der Waals surface area contributed by atoms with Crippen molar-refractivity contribution in [2.24, 2.45) is 5.73 Å². The molecule has 2 amide bonds. The first kappa shape index (κ1) is 19.5. The van der Waals surface area contributed by atoms with Gasteiger partial charge in [-0.1, -0.05) is 24.3 Å². The molecule has 0 spiro atoms. The van der Waals surface area contributed by atoms with Crippen molar-refractivity contribution in [3.8, 4) is 17.2 Å². The van der Waals surface area contributed by atoms with Crippen LogP contribution in [-0.4, -0.2) is 34.8 Å². The Labute approximate surface area is 173 Å². The summed E-state index contributed by atoms with van der Waals surface area (Å²) in [6.45, 7) is 2.05. The molecule has 1 aliphatic rings. The van der Waals surface area contributed by atoms with Crippen molar-refractivity contribution in [2.45, 2.75) is 19.3 Å². The van der Waals surface area contributed by atoms with Gasteiger partial charge in [-0.3, -0.25) is 9.59 Å². The molecule has 0 radical (unpaired) electrons. The summed E-state index contributed by atoms with van der Waals surface area (Å²) in [4.78, 5) is 23.5. The van der Waals surface area contributed by atoms with Crippen LogP contribution in [0.15, 0.2) is 54.7 Å². The number of nitrogens with one attached hydrogen (secondary N) is 1. The number of primary amides is 1. The highest BCUT2D eigenvalue weighted by molar-refractivity contribution is 5.94. The average Bonchev–Trinajstić information content (AvgIpc) is 3.16. The summed E-state index contributed by atoms with van der Waals surface area (Å²) in [5.41, 5.74) is 7.86. The Kier molecular flexibility index (Phi) is 5.38. The number of rotatable bonds is 7. The van der Waals surface area contributed by atoms with E-state index in [1.165, 1.54) is 0 Å². The lowest BCUT2D eigenvalue weighted by atomic mass is 9.87. The molecule has 8 heteroatoms. The largest absolute Gasteiger partial charge is 0.490 e. The van der Waals surface area contributed by atoms with Gasteiger partial charge >= 0.3 is 0 Å². The van der Waals surface area contributed by atoms with E-state index in [1.54, 1.807) is 16.9 Å². The van der Waals surface area contributed by atoms with Crippen LogP contribution in [-0.2, 0) is 9.59 Å². The number of fused-ring (bicyclic) bond motifs is 1. The van der Waals surface area contributed by atoms with Crippen LogP contribution < -0.4 is 20.5 Å². The highest BCUT2D eigenvalue weighted by Gasteiger charge is 2.31. The van der Waals surface area contributed by atoms with E-state index < -0.39 is 5.91 Å². The zero-order valence-electron chi connectivity index (χ0n) is 16.5. The third-order valence-electron chi connectivity index (χ3n) is 4.86. The smallest absolute Gasteiger partial charge is 0.255 e. The van der Waals surface area contributed by atoms with Gasteiger partial charge in [-0.25, -0.2) is 4.68 Å². The summed E-state index contributed by atoms with van der Waals surface area (Å²) in [7, 11) is 0. The fourth-order valence-corrected chi connectivity index (χ4v) is 3.56. The lowest BCUT2D eigenvalue weighted by Crippen LogP contribution is -2.24. The van der Waals surface area contributed by atoms with Crippen LogP contribution in [0.4, 0.5) is 5.82 Å². The van der Waals surface area contributed by atoms with Crippen molar-refractivity contribution in [1.29, 1.82) is 0 Å². The second-order valence-electron chi connectivity index (χ2n) is 6.89. The summed E-state index contributed by atoms with van der Waals surface area (Å²) in [6.07, 6.45) is 2.07. The topological polar surface area (TPSA) is 108 Å². The van der Waals surface area contributed by atoms with Crippen LogP contribution in [0.25, 0.3) is 5.69 Å². The molecule has 4 rings (SSSR count). The Balaban J connectivity index is 1.71. The first-order valence-electron chi connectivity index (χ1n) is 9.68. The number of amides is 2. The van der Waals surface area contributed by atoms with Gasteiger partial charge in [0.15, 0.2) is 18.1 Å². The molecule has 3 aromatic rings. The molecule has 2 heterocycles. The number of hydrogen-bond donors (Lipinski definition) is 2. The average molecular weight is 406 g/mol. The summed E-state index contributed by atoms with van der Waals surface area (Å²) < 4.78 is 12.9. The molecule has 0 saturated heterocycles. The second kappa shape index (κ2) is 8.28. The molecule has 0 unspecified atom stereocenters. The van der Waals surface area contributed by atoms with E-state index in [1.807, 2.05) is 49.4 Å². The lowest BCUT2D eigenvalue weighted by molar-refractivity contribution is -0.120. The van der Waals surface area contributed by atoms with E-state index in [0.29, 0.717) is 30.3 Å². The van der Waals surface area contributed by atoms with Crippen LogP contribution in [0, 0.1) is 0 Å². The van der Waals surface area contributed by atoms with E-state index in [9.17, 15) is 9.59 Å². The lowest BCUT2D eigenvalue weighted by Gasteiger charge is -2.24. The van der Waals surface area contributed by atoms with Crippen LogP contribution >= 0.6 is 0 Å².